The molecule has 2 aromatic carbocycles. The van der Waals surface area contributed by atoms with E-state index in [1.54, 1.807) is 0 Å². The van der Waals surface area contributed by atoms with Gasteiger partial charge in [0.05, 0.1) is 38.2 Å². The zero-order valence-corrected chi connectivity index (χ0v) is 18.2. The average Bonchev–Trinajstić information content (AvgIpc) is 2.82. The van der Waals surface area contributed by atoms with Gasteiger partial charge in [0.15, 0.2) is 6.61 Å². The van der Waals surface area contributed by atoms with Crippen molar-refractivity contribution in [3.8, 4) is 0 Å². The Bertz CT molecular complexity index is 986. The number of carbonyl (C=O) groups excluding carboxylic acids is 5. The normalized spacial score (nSPS) is 10.0. The van der Waals surface area contributed by atoms with Gasteiger partial charge < -0.3 is 24.8 Å². The number of rotatable bonds is 10. The first kappa shape index (κ1) is 25.1. The van der Waals surface area contributed by atoms with Crippen LogP contribution in [0.25, 0.3) is 0 Å². The number of benzene rings is 2. The quantitative estimate of drug-likeness (QED) is 0.405. The number of ether oxygens (including phenoxy) is 3. The molecule has 10 heteroatoms. The topological polar surface area (TPSA) is 137 Å². The lowest BCUT2D eigenvalue weighted by molar-refractivity contribution is -0.147. The van der Waals surface area contributed by atoms with Crippen molar-refractivity contribution in [1.82, 2.24) is 5.32 Å². The predicted molar refractivity (Wildman–Crippen MR) is 116 cm³/mol. The lowest BCUT2D eigenvalue weighted by Crippen LogP contribution is -2.28. The number of methoxy groups -OCH3 is 2. The summed E-state index contributed by atoms with van der Waals surface area (Å²) in [5.41, 5.74) is 1.02. The smallest absolute Gasteiger partial charge is 0.337 e. The van der Waals surface area contributed by atoms with Crippen LogP contribution in [0.15, 0.2) is 48.5 Å². The van der Waals surface area contributed by atoms with E-state index in [1.807, 2.05) is 30.3 Å². The van der Waals surface area contributed by atoms with Crippen molar-refractivity contribution < 1.29 is 38.2 Å². The van der Waals surface area contributed by atoms with Crippen LogP contribution in [0.4, 0.5) is 5.69 Å². The van der Waals surface area contributed by atoms with Gasteiger partial charge in [0, 0.05) is 12.2 Å². The average molecular weight is 456 g/mol. The van der Waals surface area contributed by atoms with E-state index in [0.29, 0.717) is 0 Å². The van der Waals surface area contributed by atoms with Crippen molar-refractivity contribution >= 4 is 35.4 Å². The van der Waals surface area contributed by atoms with E-state index >= 15 is 0 Å². The molecular formula is C23H24N2O8. The van der Waals surface area contributed by atoms with Crippen LogP contribution in [0.5, 0.6) is 0 Å². The molecule has 0 aliphatic rings. The molecule has 2 rings (SSSR count). The molecule has 0 atom stereocenters. The molecule has 174 valence electrons. The van der Waals surface area contributed by atoms with E-state index in [4.69, 9.17) is 4.74 Å². The third-order valence-electron chi connectivity index (χ3n) is 4.28. The molecule has 0 fully saturated rings. The summed E-state index contributed by atoms with van der Waals surface area (Å²) in [5, 5.41) is 5.04. The van der Waals surface area contributed by atoms with Crippen LogP contribution in [-0.4, -0.2) is 57.1 Å². The van der Waals surface area contributed by atoms with Gasteiger partial charge in [-0.25, -0.2) is 9.59 Å². The van der Waals surface area contributed by atoms with Crippen LogP contribution in [0.2, 0.25) is 0 Å². The summed E-state index contributed by atoms with van der Waals surface area (Å²) in [7, 11) is 2.35. The largest absolute Gasteiger partial charge is 0.465 e. The summed E-state index contributed by atoms with van der Waals surface area (Å²) in [4.78, 5) is 59.4. The van der Waals surface area contributed by atoms with Gasteiger partial charge in [0.2, 0.25) is 5.91 Å². The summed E-state index contributed by atoms with van der Waals surface area (Å²) in [5.74, 6) is -3.02. The first-order valence-electron chi connectivity index (χ1n) is 9.90. The second-order valence-corrected chi connectivity index (χ2v) is 6.75. The first-order valence-corrected chi connectivity index (χ1v) is 9.90. The summed E-state index contributed by atoms with van der Waals surface area (Å²) >= 11 is 0. The fraction of sp³-hybridized carbons (Fsp3) is 0.261. The van der Waals surface area contributed by atoms with Crippen molar-refractivity contribution in [2.45, 2.75) is 12.8 Å². The maximum atomic E-state index is 12.1. The third kappa shape index (κ3) is 8.44. The molecule has 0 bridgehead atoms. The van der Waals surface area contributed by atoms with E-state index in [0.717, 1.165) is 5.56 Å². The summed E-state index contributed by atoms with van der Waals surface area (Å²) in [6.45, 7) is -0.525. The monoisotopic (exact) mass is 456 g/mol. The molecule has 0 aliphatic carbocycles. The highest BCUT2D eigenvalue weighted by molar-refractivity contribution is 6.00. The fourth-order valence-electron chi connectivity index (χ4n) is 2.73. The second-order valence-electron chi connectivity index (χ2n) is 6.75. The van der Waals surface area contributed by atoms with Gasteiger partial charge in [0.1, 0.15) is 0 Å². The van der Waals surface area contributed by atoms with Gasteiger partial charge in [-0.1, -0.05) is 30.3 Å². The zero-order chi connectivity index (χ0) is 24.2. The third-order valence-corrected chi connectivity index (χ3v) is 4.28. The van der Waals surface area contributed by atoms with E-state index in [-0.39, 0.29) is 42.1 Å². The lowest BCUT2D eigenvalue weighted by Gasteiger charge is -2.10. The van der Waals surface area contributed by atoms with Crippen LogP contribution in [-0.2, 0) is 35.0 Å². The number of anilines is 1. The van der Waals surface area contributed by atoms with Gasteiger partial charge in [-0.05, 0) is 23.8 Å². The molecule has 0 aromatic heterocycles. The lowest BCUT2D eigenvalue weighted by atomic mass is 10.1. The Morgan fingerprint density at radius 1 is 0.818 bits per heavy atom. The van der Waals surface area contributed by atoms with Gasteiger partial charge in [0.25, 0.3) is 5.91 Å². The Morgan fingerprint density at radius 3 is 2.00 bits per heavy atom. The predicted octanol–water partition coefficient (Wildman–Crippen LogP) is 1.49. The molecule has 0 radical (unpaired) electrons. The van der Waals surface area contributed by atoms with Gasteiger partial charge >= 0.3 is 17.9 Å². The van der Waals surface area contributed by atoms with Crippen LogP contribution < -0.4 is 10.6 Å². The summed E-state index contributed by atoms with van der Waals surface area (Å²) < 4.78 is 14.1. The zero-order valence-electron chi connectivity index (χ0n) is 18.2. The van der Waals surface area contributed by atoms with E-state index in [9.17, 15) is 24.0 Å². The van der Waals surface area contributed by atoms with E-state index < -0.39 is 30.4 Å². The Hall–Kier alpha value is -4.21. The number of amides is 2. The molecule has 0 saturated heterocycles. The molecule has 2 amide bonds. The molecule has 10 nitrogen and oxygen atoms in total. The Morgan fingerprint density at radius 2 is 1.42 bits per heavy atom. The molecule has 0 spiro atoms. The van der Waals surface area contributed by atoms with Crippen LogP contribution in [0.3, 0.4) is 0 Å². The fourth-order valence-corrected chi connectivity index (χ4v) is 2.73. The standard InChI is InChI=1S/C23H24N2O8/c1-31-22(29)16-11-17(23(30)32-2)13-18(12-16)25-20(27)14-33-21(28)8-9-24-19(26)10-15-6-4-3-5-7-15/h3-7,11-13H,8-10,14H2,1-2H3,(H,24,26)(H,25,27). The molecule has 0 heterocycles. The SMILES string of the molecule is COC(=O)c1cc(NC(=O)COC(=O)CCNC(=O)Cc2ccccc2)cc(C(=O)OC)c1. The Balaban J connectivity index is 1.80. The second kappa shape index (κ2) is 12.6. The summed E-state index contributed by atoms with van der Waals surface area (Å²) in [6.07, 6.45) is 0.0780. The number of esters is 3. The highest BCUT2D eigenvalue weighted by Gasteiger charge is 2.16. The Labute approximate surface area is 190 Å². The maximum absolute atomic E-state index is 12.1. The van der Waals surface area contributed by atoms with Crippen LogP contribution >= 0.6 is 0 Å². The molecule has 0 saturated carbocycles. The van der Waals surface area contributed by atoms with E-state index in [1.165, 1.54) is 32.4 Å². The molecular weight excluding hydrogens is 432 g/mol. The number of hydrogen-bond donors (Lipinski definition) is 2. The highest BCUT2D eigenvalue weighted by atomic mass is 16.5. The Kier molecular flexibility index (Phi) is 9.56. The van der Waals surface area contributed by atoms with Gasteiger partial charge in [-0.3, -0.25) is 14.4 Å². The minimum Gasteiger partial charge on any atom is -0.465 e. The molecule has 0 aliphatic heterocycles. The van der Waals surface area contributed by atoms with Crippen molar-refractivity contribution in [1.29, 1.82) is 0 Å². The summed E-state index contributed by atoms with van der Waals surface area (Å²) in [6, 6.07) is 13.0. The first-order chi connectivity index (χ1) is 15.8. The van der Waals surface area contributed by atoms with Crippen molar-refractivity contribution in [2.24, 2.45) is 0 Å². The number of hydrogen-bond acceptors (Lipinski definition) is 8. The minimum absolute atomic E-state index is 0.0268. The van der Waals surface area contributed by atoms with Crippen molar-refractivity contribution in [3.05, 3.63) is 65.2 Å². The van der Waals surface area contributed by atoms with Crippen LogP contribution in [0.1, 0.15) is 32.7 Å². The molecule has 2 N–H and O–H groups in total. The minimum atomic E-state index is -0.711. The molecule has 0 unspecified atom stereocenters. The van der Waals surface area contributed by atoms with Gasteiger partial charge in [-0.2, -0.15) is 0 Å². The van der Waals surface area contributed by atoms with Gasteiger partial charge in [-0.15, -0.1) is 0 Å². The molecule has 2 aromatic rings. The number of nitrogens with one attached hydrogen (secondary N) is 2. The van der Waals surface area contributed by atoms with Crippen molar-refractivity contribution in [2.75, 3.05) is 32.7 Å². The van der Waals surface area contributed by atoms with Crippen LogP contribution in [0, 0.1) is 0 Å². The van der Waals surface area contributed by atoms with Crippen molar-refractivity contribution in [3.63, 3.8) is 0 Å². The van der Waals surface area contributed by atoms with E-state index in [2.05, 4.69) is 20.1 Å². The molecule has 33 heavy (non-hydrogen) atoms. The highest BCUT2D eigenvalue weighted by Crippen LogP contribution is 2.17. The number of carbonyl (C=O) groups is 5. The maximum Gasteiger partial charge on any atom is 0.337 e.